The minimum atomic E-state index is -3.89. The summed E-state index contributed by atoms with van der Waals surface area (Å²) in [6.45, 7) is 2.15. The Morgan fingerprint density at radius 2 is 2.06 bits per heavy atom. The molecule has 2 aliphatic heterocycles. The first-order chi connectivity index (χ1) is 16.4. The van der Waals surface area contributed by atoms with E-state index >= 15 is 0 Å². The van der Waals surface area contributed by atoms with Crippen LogP contribution in [0, 0.1) is 0 Å². The van der Waals surface area contributed by atoms with Crippen molar-refractivity contribution in [3.8, 4) is 0 Å². The molecule has 10 heteroatoms. The van der Waals surface area contributed by atoms with E-state index in [2.05, 4.69) is 9.88 Å². The van der Waals surface area contributed by atoms with Gasteiger partial charge in [-0.1, -0.05) is 12.1 Å². The normalized spacial score (nSPS) is 19.0. The van der Waals surface area contributed by atoms with Gasteiger partial charge < -0.3 is 19.6 Å². The van der Waals surface area contributed by atoms with Crippen LogP contribution in [0.4, 0.5) is 10.5 Å². The first kappa shape index (κ1) is 22.4. The molecule has 1 aromatic carbocycles. The number of benzene rings is 1. The summed E-state index contributed by atoms with van der Waals surface area (Å²) in [7, 11) is -2.20. The van der Waals surface area contributed by atoms with Crippen LogP contribution < -0.4 is 4.90 Å². The summed E-state index contributed by atoms with van der Waals surface area (Å²) >= 11 is 0. The number of carboxylic acid groups (broad SMARTS) is 1. The zero-order valence-corrected chi connectivity index (χ0v) is 19.6. The summed E-state index contributed by atoms with van der Waals surface area (Å²) in [6, 6.07) is 10.4. The van der Waals surface area contributed by atoms with Gasteiger partial charge in [-0.2, -0.15) is 0 Å². The molecule has 0 saturated carbocycles. The molecule has 9 nitrogen and oxygen atoms in total. The molecule has 1 N–H and O–H groups in total. The lowest BCUT2D eigenvalue weighted by molar-refractivity contribution is 0.121. The monoisotopic (exact) mass is 482 g/mol. The van der Waals surface area contributed by atoms with E-state index in [9.17, 15) is 18.3 Å². The Hall–Kier alpha value is -3.37. The number of rotatable bonds is 5. The number of aromatic nitrogens is 2. The van der Waals surface area contributed by atoms with E-state index in [0.29, 0.717) is 29.6 Å². The maximum atomic E-state index is 13.8. The Bertz CT molecular complexity index is 1380. The number of ether oxygens (including phenoxy) is 1. The minimum Gasteiger partial charge on any atom is -0.465 e. The van der Waals surface area contributed by atoms with Crippen molar-refractivity contribution >= 4 is 38.4 Å². The number of pyridine rings is 1. The van der Waals surface area contributed by atoms with Crippen LogP contribution >= 0.6 is 0 Å². The molecule has 178 valence electrons. The van der Waals surface area contributed by atoms with Crippen molar-refractivity contribution in [3.05, 3.63) is 60.4 Å². The molecule has 4 heterocycles. The van der Waals surface area contributed by atoms with Gasteiger partial charge in [0.15, 0.2) is 0 Å². The maximum Gasteiger partial charge on any atom is 0.407 e. The molecule has 2 aliphatic rings. The van der Waals surface area contributed by atoms with E-state index in [-0.39, 0.29) is 17.5 Å². The van der Waals surface area contributed by atoms with Crippen molar-refractivity contribution in [2.24, 2.45) is 0 Å². The van der Waals surface area contributed by atoms with Crippen LogP contribution in [0.3, 0.4) is 0 Å². The molecule has 0 spiro atoms. The van der Waals surface area contributed by atoms with Crippen molar-refractivity contribution in [2.75, 3.05) is 38.2 Å². The van der Waals surface area contributed by atoms with E-state index in [0.717, 1.165) is 30.8 Å². The number of fused-ring (bicyclic) bond motifs is 1. The van der Waals surface area contributed by atoms with Gasteiger partial charge in [-0.25, -0.2) is 17.2 Å². The predicted octanol–water partition coefficient (Wildman–Crippen LogP) is 3.27. The third-order valence-corrected chi connectivity index (χ3v) is 8.24. The Kier molecular flexibility index (Phi) is 5.78. The molecule has 0 radical (unpaired) electrons. The van der Waals surface area contributed by atoms with Crippen LogP contribution in [0.25, 0.3) is 16.6 Å². The van der Waals surface area contributed by atoms with Gasteiger partial charge in [0.2, 0.25) is 0 Å². The maximum absolute atomic E-state index is 13.8. The zero-order valence-electron chi connectivity index (χ0n) is 18.8. The summed E-state index contributed by atoms with van der Waals surface area (Å²) in [5.74, 6) is 0. The van der Waals surface area contributed by atoms with Crippen molar-refractivity contribution in [3.63, 3.8) is 0 Å². The molecule has 1 unspecified atom stereocenters. The highest BCUT2D eigenvalue weighted by atomic mass is 32.2. The van der Waals surface area contributed by atoms with Crippen LogP contribution in [0.5, 0.6) is 0 Å². The van der Waals surface area contributed by atoms with Crippen molar-refractivity contribution in [2.45, 2.75) is 23.8 Å². The van der Waals surface area contributed by atoms with Crippen molar-refractivity contribution in [1.82, 2.24) is 13.9 Å². The molecule has 1 amide bonds. The number of amides is 1. The average Bonchev–Trinajstić information content (AvgIpc) is 3.50. The highest BCUT2D eigenvalue weighted by Crippen LogP contribution is 2.33. The molecule has 1 fully saturated rings. The number of carbonyl (C=O) groups is 1. The quantitative estimate of drug-likeness (QED) is 0.595. The summed E-state index contributed by atoms with van der Waals surface area (Å²) < 4.78 is 34.3. The molecule has 2 aromatic heterocycles. The van der Waals surface area contributed by atoms with Crippen molar-refractivity contribution in [1.29, 1.82) is 0 Å². The number of nitrogens with zero attached hydrogens (tertiary/aromatic N) is 4. The molecule has 0 aliphatic carbocycles. The summed E-state index contributed by atoms with van der Waals surface area (Å²) in [5.41, 5.74) is 3.53. The lowest BCUT2D eigenvalue weighted by Gasteiger charge is -2.23. The van der Waals surface area contributed by atoms with Gasteiger partial charge in [0.1, 0.15) is 0 Å². The van der Waals surface area contributed by atoms with Gasteiger partial charge in [0.05, 0.1) is 22.0 Å². The summed E-state index contributed by atoms with van der Waals surface area (Å²) in [4.78, 5) is 19.4. The average molecular weight is 483 g/mol. The smallest absolute Gasteiger partial charge is 0.407 e. The number of methoxy groups -OCH3 is 1. The molecular formula is C24H26N4O5S. The standard InChI is InChI=1S/C24H26N4O5S/c1-33-19-9-13-27(15-19)18-4-2-5-20(14-18)34(31,32)28-16-21(23-22(28)6-3-10-25-23)17-7-11-26(12-8-17)24(29)30/h2-7,10,14,16,19H,8-9,11-13,15H2,1H3,(H,29,30). The molecular weight excluding hydrogens is 456 g/mol. The van der Waals surface area contributed by atoms with Gasteiger partial charge in [0.25, 0.3) is 10.0 Å². The molecule has 34 heavy (non-hydrogen) atoms. The van der Waals surface area contributed by atoms with Gasteiger partial charge in [-0.15, -0.1) is 0 Å². The Morgan fingerprint density at radius 3 is 2.76 bits per heavy atom. The van der Waals surface area contributed by atoms with Crippen LogP contribution in [-0.2, 0) is 14.8 Å². The molecule has 1 atom stereocenters. The van der Waals surface area contributed by atoms with E-state index in [1.165, 1.54) is 8.87 Å². The van der Waals surface area contributed by atoms with Gasteiger partial charge >= 0.3 is 6.09 Å². The Balaban J connectivity index is 1.54. The number of anilines is 1. The Labute approximate surface area is 197 Å². The largest absolute Gasteiger partial charge is 0.465 e. The highest BCUT2D eigenvalue weighted by molar-refractivity contribution is 7.90. The topological polar surface area (TPSA) is 105 Å². The van der Waals surface area contributed by atoms with Gasteiger partial charge in [-0.05, 0) is 48.7 Å². The lowest BCUT2D eigenvalue weighted by Crippen LogP contribution is -2.33. The van der Waals surface area contributed by atoms with E-state index < -0.39 is 16.1 Å². The third kappa shape index (κ3) is 3.92. The summed E-state index contributed by atoms with van der Waals surface area (Å²) in [5, 5.41) is 9.22. The number of hydrogen-bond acceptors (Lipinski definition) is 6. The molecule has 1 saturated heterocycles. The Morgan fingerprint density at radius 1 is 1.21 bits per heavy atom. The predicted molar refractivity (Wildman–Crippen MR) is 129 cm³/mol. The fraction of sp³-hybridized carbons (Fsp3) is 0.333. The second-order valence-corrected chi connectivity index (χ2v) is 10.3. The third-order valence-electron chi connectivity index (χ3n) is 6.57. The number of hydrogen-bond donors (Lipinski definition) is 1. The van der Waals surface area contributed by atoms with E-state index in [1.54, 1.807) is 49.8 Å². The van der Waals surface area contributed by atoms with E-state index in [1.807, 2.05) is 12.1 Å². The first-order valence-electron chi connectivity index (χ1n) is 11.1. The van der Waals surface area contributed by atoms with Crippen molar-refractivity contribution < 1.29 is 23.1 Å². The second kappa shape index (κ2) is 8.77. The molecule has 3 aromatic rings. The van der Waals surface area contributed by atoms with Gasteiger partial charge in [0, 0.05) is 56.9 Å². The van der Waals surface area contributed by atoms with Crippen LogP contribution in [0.15, 0.2) is 59.8 Å². The van der Waals surface area contributed by atoms with Crippen LogP contribution in [-0.4, -0.2) is 72.9 Å². The minimum absolute atomic E-state index is 0.142. The fourth-order valence-electron chi connectivity index (χ4n) is 4.66. The van der Waals surface area contributed by atoms with E-state index in [4.69, 9.17) is 4.74 Å². The first-order valence-corrected chi connectivity index (χ1v) is 12.6. The second-order valence-electron chi connectivity index (χ2n) is 8.51. The fourth-order valence-corrected chi connectivity index (χ4v) is 6.06. The molecule has 0 bridgehead atoms. The lowest BCUT2D eigenvalue weighted by atomic mass is 10.0. The SMILES string of the molecule is COC1CCN(c2cccc(S(=O)(=O)n3cc(C4=CCN(C(=O)O)CC4)c4ncccc43)c2)C1. The van der Waals surface area contributed by atoms with Crippen LogP contribution in [0.2, 0.25) is 0 Å². The molecule has 5 rings (SSSR count). The summed E-state index contributed by atoms with van der Waals surface area (Å²) in [6.07, 6.45) is 5.65. The van der Waals surface area contributed by atoms with Gasteiger partial charge in [-0.3, -0.25) is 4.98 Å². The zero-order chi connectivity index (χ0) is 23.9. The van der Waals surface area contributed by atoms with Crippen LogP contribution in [0.1, 0.15) is 18.4 Å². The highest BCUT2D eigenvalue weighted by Gasteiger charge is 2.27.